The topological polar surface area (TPSA) is 47.7 Å². The van der Waals surface area contributed by atoms with E-state index in [-0.39, 0.29) is 6.04 Å². The van der Waals surface area contributed by atoms with Crippen molar-refractivity contribution in [1.29, 1.82) is 0 Å². The van der Waals surface area contributed by atoms with Crippen LogP contribution in [0, 0.1) is 0 Å². The third-order valence-corrected chi connectivity index (χ3v) is 3.12. The van der Waals surface area contributed by atoms with Gasteiger partial charge in [0.25, 0.3) is 0 Å². The Morgan fingerprint density at radius 1 is 1.22 bits per heavy atom. The molecule has 0 amide bonds. The molecule has 1 unspecified atom stereocenters. The second kappa shape index (κ2) is 7.24. The molecule has 0 aromatic heterocycles. The van der Waals surface area contributed by atoms with Gasteiger partial charge in [0.2, 0.25) is 0 Å². The van der Waals surface area contributed by atoms with Crippen LogP contribution in [0.3, 0.4) is 0 Å². The van der Waals surface area contributed by atoms with Crippen LogP contribution in [0.2, 0.25) is 0 Å². The molecule has 0 aliphatic carbocycles. The first-order valence-electron chi connectivity index (χ1n) is 6.30. The first kappa shape index (κ1) is 14.8. The lowest BCUT2D eigenvalue weighted by atomic mass is 10.0. The van der Waals surface area contributed by atoms with Gasteiger partial charge in [-0.3, -0.25) is 4.90 Å². The molecule has 0 spiro atoms. The lowest BCUT2D eigenvalue weighted by Crippen LogP contribution is -2.31. The van der Waals surface area contributed by atoms with Crippen molar-refractivity contribution in [3.8, 4) is 11.5 Å². The molecule has 0 fully saturated rings. The van der Waals surface area contributed by atoms with Gasteiger partial charge in [-0.25, -0.2) is 0 Å². The number of benzene rings is 1. The number of likely N-dealkylation sites (N-methyl/N-ethyl adjacent to an activating group) is 1. The predicted octanol–water partition coefficient (Wildman–Crippen LogP) is 2.05. The Morgan fingerprint density at radius 3 is 2.39 bits per heavy atom. The van der Waals surface area contributed by atoms with Crippen LogP contribution in [0.25, 0.3) is 0 Å². The van der Waals surface area contributed by atoms with E-state index in [4.69, 9.17) is 15.2 Å². The van der Waals surface area contributed by atoms with Crippen molar-refractivity contribution in [2.45, 2.75) is 19.4 Å². The minimum absolute atomic E-state index is 0.213. The van der Waals surface area contributed by atoms with Gasteiger partial charge in [-0.2, -0.15) is 0 Å². The Balaban J connectivity index is 2.99. The van der Waals surface area contributed by atoms with Crippen molar-refractivity contribution in [3.05, 3.63) is 23.8 Å². The summed E-state index contributed by atoms with van der Waals surface area (Å²) in [5.74, 6) is 1.49. The number of rotatable bonds is 7. The van der Waals surface area contributed by atoms with Crippen LogP contribution in [-0.2, 0) is 0 Å². The maximum absolute atomic E-state index is 5.88. The van der Waals surface area contributed by atoms with Crippen molar-refractivity contribution in [2.75, 3.05) is 34.4 Å². The third-order valence-electron chi connectivity index (χ3n) is 3.12. The first-order valence-corrected chi connectivity index (χ1v) is 6.30. The molecule has 0 saturated carbocycles. The molecule has 0 saturated heterocycles. The molecule has 4 nitrogen and oxygen atoms in total. The molecular formula is C14H24N2O2. The summed E-state index contributed by atoms with van der Waals surface area (Å²) in [4.78, 5) is 2.27. The van der Waals surface area contributed by atoms with Gasteiger partial charge in [0.1, 0.15) is 0 Å². The Labute approximate surface area is 110 Å². The van der Waals surface area contributed by atoms with E-state index >= 15 is 0 Å². The van der Waals surface area contributed by atoms with E-state index in [9.17, 15) is 0 Å². The van der Waals surface area contributed by atoms with Crippen LogP contribution < -0.4 is 15.2 Å². The average molecular weight is 252 g/mol. The number of hydrogen-bond donors (Lipinski definition) is 1. The van der Waals surface area contributed by atoms with Crippen molar-refractivity contribution in [2.24, 2.45) is 5.73 Å². The van der Waals surface area contributed by atoms with Gasteiger partial charge in [0.15, 0.2) is 11.5 Å². The lowest BCUT2D eigenvalue weighted by Gasteiger charge is -2.27. The molecule has 1 atom stereocenters. The highest BCUT2D eigenvalue weighted by atomic mass is 16.5. The van der Waals surface area contributed by atoms with Crippen molar-refractivity contribution in [1.82, 2.24) is 4.90 Å². The zero-order valence-electron chi connectivity index (χ0n) is 11.8. The van der Waals surface area contributed by atoms with E-state index in [2.05, 4.69) is 18.9 Å². The number of hydrogen-bond acceptors (Lipinski definition) is 4. The van der Waals surface area contributed by atoms with E-state index < -0.39 is 0 Å². The largest absolute Gasteiger partial charge is 0.493 e. The zero-order chi connectivity index (χ0) is 13.5. The summed E-state index contributed by atoms with van der Waals surface area (Å²) in [5, 5.41) is 0. The number of ether oxygens (including phenoxy) is 2. The molecule has 4 heteroatoms. The molecular weight excluding hydrogens is 228 g/mol. The highest BCUT2D eigenvalue weighted by Gasteiger charge is 2.16. The van der Waals surface area contributed by atoms with Crippen molar-refractivity contribution in [3.63, 3.8) is 0 Å². The van der Waals surface area contributed by atoms with Crippen LogP contribution >= 0.6 is 0 Å². The maximum Gasteiger partial charge on any atom is 0.161 e. The van der Waals surface area contributed by atoms with Gasteiger partial charge in [-0.05, 0) is 37.7 Å². The molecule has 0 aliphatic heterocycles. The predicted molar refractivity (Wildman–Crippen MR) is 74.3 cm³/mol. The van der Waals surface area contributed by atoms with Gasteiger partial charge < -0.3 is 15.2 Å². The minimum Gasteiger partial charge on any atom is -0.493 e. The minimum atomic E-state index is 0.213. The van der Waals surface area contributed by atoms with E-state index in [0.29, 0.717) is 6.54 Å². The maximum atomic E-state index is 5.88. The summed E-state index contributed by atoms with van der Waals surface area (Å²) in [5.41, 5.74) is 7.04. The Hall–Kier alpha value is -1.26. The number of nitrogens with zero attached hydrogens (tertiary/aromatic N) is 1. The highest BCUT2D eigenvalue weighted by Crippen LogP contribution is 2.31. The molecule has 18 heavy (non-hydrogen) atoms. The van der Waals surface area contributed by atoms with Crippen LogP contribution in [0.4, 0.5) is 0 Å². The summed E-state index contributed by atoms with van der Waals surface area (Å²) >= 11 is 0. The summed E-state index contributed by atoms with van der Waals surface area (Å²) in [7, 11) is 5.38. The Bertz CT molecular complexity index is 369. The second-order valence-corrected chi connectivity index (χ2v) is 4.35. The van der Waals surface area contributed by atoms with Crippen LogP contribution in [-0.4, -0.2) is 39.3 Å². The van der Waals surface area contributed by atoms with Gasteiger partial charge in [0, 0.05) is 12.6 Å². The molecule has 1 aromatic carbocycles. The van der Waals surface area contributed by atoms with E-state index in [1.165, 1.54) is 0 Å². The molecule has 0 radical (unpaired) electrons. The fraction of sp³-hybridized carbons (Fsp3) is 0.571. The SMILES string of the molecule is CCCN(C)C(CN)c1ccc(OC)c(OC)c1. The number of methoxy groups -OCH3 is 2. The van der Waals surface area contributed by atoms with Crippen LogP contribution in [0.1, 0.15) is 24.9 Å². The quantitative estimate of drug-likeness (QED) is 0.807. The van der Waals surface area contributed by atoms with E-state index in [1.54, 1.807) is 14.2 Å². The Kier molecular flexibility index (Phi) is 5.95. The van der Waals surface area contributed by atoms with Crippen molar-refractivity contribution >= 4 is 0 Å². The summed E-state index contributed by atoms with van der Waals surface area (Å²) in [6.45, 7) is 3.78. The summed E-state index contributed by atoms with van der Waals surface area (Å²) in [6.07, 6.45) is 1.11. The molecule has 1 aromatic rings. The molecule has 102 valence electrons. The molecule has 2 N–H and O–H groups in total. The molecule has 1 rings (SSSR count). The third kappa shape index (κ3) is 3.37. The second-order valence-electron chi connectivity index (χ2n) is 4.35. The normalized spacial score (nSPS) is 12.6. The van der Waals surface area contributed by atoms with E-state index in [0.717, 1.165) is 30.0 Å². The molecule has 0 bridgehead atoms. The van der Waals surface area contributed by atoms with E-state index in [1.807, 2.05) is 18.2 Å². The molecule has 0 heterocycles. The summed E-state index contributed by atoms with van der Waals surface area (Å²) in [6, 6.07) is 6.19. The fourth-order valence-corrected chi connectivity index (χ4v) is 2.14. The van der Waals surface area contributed by atoms with Gasteiger partial charge in [-0.1, -0.05) is 13.0 Å². The summed E-state index contributed by atoms with van der Waals surface area (Å²) < 4.78 is 10.6. The van der Waals surface area contributed by atoms with Gasteiger partial charge in [-0.15, -0.1) is 0 Å². The standard InChI is InChI=1S/C14H24N2O2/c1-5-8-16(2)12(10-15)11-6-7-13(17-3)14(9-11)18-4/h6-7,9,12H,5,8,10,15H2,1-4H3. The first-order chi connectivity index (χ1) is 8.67. The smallest absolute Gasteiger partial charge is 0.161 e. The van der Waals surface area contributed by atoms with Gasteiger partial charge >= 0.3 is 0 Å². The molecule has 0 aliphatic rings. The fourth-order valence-electron chi connectivity index (χ4n) is 2.14. The van der Waals surface area contributed by atoms with Crippen LogP contribution in [0.5, 0.6) is 11.5 Å². The lowest BCUT2D eigenvalue weighted by molar-refractivity contribution is 0.250. The van der Waals surface area contributed by atoms with Gasteiger partial charge in [0.05, 0.1) is 14.2 Å². The van der Waals surface area contributed by atoms with Crippen LogP contribution in [0.15, 0.2) is 18.2 Å². The number of nitrogens with two attached hydrogens (primary N) is 1. The monoisotopic (exact) mass is 252 g/mol. The highest BCUT2D eigenvalue weighted by molar-refractivity contribution is 5.43. The van der Waals surface area contributed by atoms with Crippen molar-refractivity contribution < 1.29 is 9.47 Å². The average Bonchev–Trinajstić information content (AvgIpc) is 2.39. The Morgan fingerprint density at radius 2 is 1.89 bits per heavy atom. The zero-order valence-corrected chi connectivity index (χ0v) is 11.8.